The Morgan fingerprint density at radius 1 is 1.07 bits per heavy atom. The van der Waals surface area contributed by atoms with Gasteiger partial charge in [-0.25, -0.2) is 9.59 Å². The molecule has 228 valence electrons. The van der Waals surface area contributed by atoms with E-state index in [1.165, 1.54) is 0 Å². The fourth-order valence-corrected chi connectivity index (χ4v) is 10.0. The molecule has 2 unspecified atom stereocenters. The Hall–Kier alpha value is -2.29. The van der Waals surface area contributed by atoms with Crippen molar-refractivity contribution in [3.63, 3.8) is 0 Å². The molecule has 1 N–H and O–H groups in total. The lowest BCUT2D eigenvalue weighted by atomic mass is 9.58. The molecule has 2 spiro atoms. The van der Waals surface area contributed by atoms with Crippen molar-refractivity contribution < 1.29 is 38.4 Å². The number of ether oxygens (including phenoxy) is 4. The monoisotopic (exact) mass is 580 g/mol. The highest BCUT2D eigenvalue weighted by Gasteiger charge is 2.77. The van der Waals surface area contributed by atoms with Gasteiger partial charge in [-0.05, 0) is 94.1 Å². The quantitative estimate of drug-likeness (QED) is 0.369. The minimum atomic E-state index is -1.90. The van der Waals surface area contributed by atoms with Gasteiger partial charge >= 0.3 is 11.9 Å². The molecule has 3 saturated carbocycles. The van der Waals surface area contributed by atoms with Crippen LogP contribution >= 0.6 is 0 Å². The number of hydrogen-bond donors (Lipinski definition) is 1. The van der Waals surface area contributed by atoms with Crippen LogP contribution in [-0.4, -0.2) is 58.6 Å². The number of carbonyl (C=O) groups is 3. The van der Waals surface area contributed by atoms with Crippen LogP contribution in [0.15, 0.2) is 34.4 Å². The largest absolute Gasteiger partial charge is 0.451 e. The molecule has 8 heteroatoms. The number of Topliss-reactive ketones (excluding diaryl/α,β-unsaturated/α-hetero) is 1. The maximum atomic E-state index is 14.9. The molecule has 0 aromatic carbocycles. The molecule has 2 aliphatic heterocycles. The molecular formula is C34H44O8. The highest BCUT2D eigenvalue weighted by molar-refractivity contribution is 6.05. The number of aliphatic hydroxyl groups is 1. The molecule has 8 atom stereocenters. The SMILES string of the molecule is CC1=CC23C(=O)[C@@H](C=C4COC(C)(C)O[C@H]4[C@]2(O)[C@H]1OC(=O)C1=C(C)C(=O)OC12CCCCC2)[C@@H]1[C@@H](CC3C)C1(C)C. The third kappa shape index (κ3) is 3.43. The maximum absolute atomic E-state index is 14.9. The van der Waals surface area contributed by atoms with E-state index >= 15 is 0 Å². The summed E-state index contributed by atoms with van der Waals surface area (Å²) in [6.07, 6.45) is 6.41. The Morgan fingerprint density at radius 3 is 2.45 bits per heavy atom. The smallest absolute Gasteiger partial charge is 0.339 e. The van der Waals surface area contributed by atoms with Crippen LogP contribution in [0.1, 0.15) is 87.0 Å². The van der Waals surface area contributed by atoms with Gasteiger partial charge in [0.2, 0.25) is 0 Å². The van der Waals surface area contributed by atoms with E-state index in [0.29, 0.717) is 24.3 Å². The Balaban J connectivity index is 1.35. The fraction of sp³-hybridized carbons (Fsp3) is 0.735. The first kappa shape index (κ1) is 28.5. The molecule has 0 amide bonds. The average molecular weight is 581 g/mol. The Kier molecular flexibility index (Phi) is 5.87. The Morgan fingerprint density at radius 2 is 1.76 bits per heavy atom. The first-order valence-corrected chi connectivity index (χ1v) is 15.7. The molecule has 42 heavy (non-hydrogen) atoms. The first-order chi connectivity index (χ1) is 19.6. The lowest BCUT2D eigenvalue weighted by Gasteiger charge is -2.52. The van der Waals surface area contributed by atoms with E-state index in [1.807, 2.05) is 26.0 Å². The lowest BCUT2D eigenvalue weighted by molar-refractivity contribution is -0.303. The third-order valence-corrected chi connectivity index (χ3v) is 12.2. The second kappa shape index (κ2) is 8.66. The van der Waals surface area contributed by atoms with Gasteiger partial charge in [0.05, 0.1) is 17.6 Å². The summed E-state index contributed by atoms with van der Waals surface area (Å²) in [7, 11) is 0. The molecule has 0 radical (unpaired) electrons. The second-order valence-corrected chi connectivity index (χ2v) is 15.2. The fourth-order valence-electron chi connectivity index (χ4n) is 10.0. The highest BCUT2D eigenvalue weighted by Crippen LogP contribution is 2.72. The minimum absolute atomic E-state index is 0.0113. The highest BCUT2D eigenvalue weighted by atomic mass is 16.7. The summed E-state index contributed by atoms with van der Waals surface area (Å²) < 4.78 is 24.8. The normalized spacial score (nSPS) is 44.2. The molecule has 7 aliphatic rings. The summed E-state index contributed by atoms with van der Waals surface area (Å²) in [6.45, 7) is 13.8. The van der Waals surface area contributed by atoms with Crippen LogP contribution in [0.4, 0.5) is 0 Å². The van der Waals surface area contributed by atoms with Gasteiger partial charge in [-0.15, -0.1) is 0 Å². The number of esters is 2. The van der Waals surface area contributed by atoms with Gasteiger partial charge in [-0.3, -0.25) is 4.79 Å². The Labute approximate surface area is 247 Å². The molecule has 4 fully saturated rings. The van der Waals surface area contributed by atoms with Gasteiger partial charge in [0.1, 0.15) is 11.7 Å². The summed E-state index contributed by atoms with van der Waals surface area (Å²) in [5.41, 5.74) is -2.35. The van der Waals surface area contributed by atoms with Crippen LogP contribution in [-0.2, 0) is 33.3 Å². The van der Waals surface area contributed by atoms with Crippen molar-refractivity contribution >= 4 is 17.7 Å². The zero-order valence-electron chi connectivity index (χ0n) is 25.9. The number of carbonyl (C=O) groups excluding carboxylic acids is 3. The number of ketones is 1. The average Bonchev–Trinajstić information content (AvgIpc) is 3.30. The van der Waals surface area contributed by atoms with Crippen LogP contribution in [0.25, 0.3) is 0 Å². The minimum Gasteiger partial charge on any atom is -0.451 e. The Bertz CT molecular complexity index is 1380. The molecule has 7 rings (SSSR count). The van der Waals surface area contributed by atoms with Gasteiger partial charge < -0.3 is 24.1 Å². The van der Waals surface area contributed by atoms with Crippen LogP contribution in [0, 0.1) is 34.5 Å². The molecule has 2 bridgehead atoms. The summed E-state index contributed by atoms with van der Waals surface area (Å²) in [5, 5.41) is 13.3. The second-order valence-electron chi connectivity index (χ2n) is 15.2. The molecule has 0 aromatic heterocycles. The topological polar surface area (TPSA) is 108 Å². The molecular weight excluding hydrogens is 536 g/mol. The number of allylic oxidation sites excluding steroid dienone is 1. The van der Waals surface area contributed by atoms with E-state index in [2.05, 4.69) is 13.8 Å². The molecule has 5 aliphatic carbocycles. The number of fused-ring (bicyclic) bond motifs is 5. The van der Waals surface area contributed by atoms with Gasteiger partial charge in [-0.2, -0.15) is 0 Å². The number of rotatable bonds is 2. The van der Waals surface area contributed by atoms with E-state index in [4.69, 9.17) is 18.9 Å². The van der Waals surface area contributed by atoms with Crippen LogP contribution in [0.3, 0.4) is 0 Å². The van der Waals surface area contributed by atoms with Gasteiger partial charge in [0, 0.05) is 11.5 Å². The van der Waals surface area contributed by atoms with E-state index in [-0.39, 0.29) is 40.8 Å². The summed E-state index contributed by atoms with van der Waals surface area (Å²) in [4.78, 5) is 41.9. The van der Waals surface area contributed by atoms with Crippen LogP contribution < -0.4 is 0 Å². The van der Waals surface area contributed by atoms with Crippen molar-refractivity contribution in [3.8, 4) is 0 Å². The lowest BCUT2D eigenvalue weighted by Crippen LogP contribution is -2.68. The van der Waals surface area contributed by atoms with Crippen molar-refractivity contribution in [1.82, 2.24) is 0 Å². The van der Waals surface area contributed by atoms with Crippen molar-refractivity contribution in [2.75, 3.05) is 6.61 Å². The van der Waals surface area contributed by atoms with Crippen LogP contribution in [0.5, 0.6) is 0 Å². The summed E-state index contributed by atoms with van der Waals surface area (Å²) in [6, 6.07) is 0. The standard InChI is InChI=1S/C34H44O8/c1-17-15-33-18(2)13-22-24(30(22,4)5)21(25(33)35)14-20-16-39-31(6,7)41-27(20)34(33,38)26(17)40-29(37)23-19(3)28(36)42-32(23)11-9-8-10-12-32/h14-15,18,21-22,24,26-27,38H,8-13,16H2,1-7H3/t18?,21-,22+,24+,26-,27+,33?,34+/m0/s1. The predicted molar refractivity (Wildman–Crippen MR) is 152 cm³/mol. The first-order valence-electron chi connectivity index (χ1n) is 15.7. The van der Waals surface area contributed by atoms with E-state index in [0.717, 1.165) is 31.3 Å². The van der Waals surface area contributed by atoms with Crippen LogP contribution in [0.2, 0.25) is 0 Å². The van der Waals surface area contributed by atoms with Gasteiger partial charge in [0.15, 0.2) is 23.3 Å². The molecule has 1 saturated heterocycles. The van der Waals surface area contributed by atoms with E-state index in [9.17, 15) is 19.5 Å². The molecule has 2 heterocycles. The van der Waals surface area contributed by atoms with Gasteiger partial charge in [-0.1, -0.05) is 39.3 Å². The molecule has 0 aromatic rings. The van der Waals surface area contributed by atoms with Crippen molar-refractivity contribution in [2.24, 2.45) is 34.5 Å². The van der Waals surface area contributed by atoms with Gasteiger partial charge in [0.25, 0.3) is 0 Å². The third-order valence-electron chi connectivity index (χ3n) is 12.2. The van der Waals surface area contributed by atoms with E-state index in [1.54, 1.807) is 20.8 Å². The van der Waals surface area contributed by atoms with E-state index < -0.39 is 52.5 Å². The summed E-state index contributed by atoms with van der Waals surface area (Å²) >= 11 is 0. The van der Waals surface area contributed by atoms with Crippen molar-refractivity contribution in [2.45, 2.75) is 116 Å². The zero-order valence-corrected chi connectivity index (χ0v) is 25.9. The number of hydrogen-bond acceptors (Lipinski definition) is 8. The predicted octanol–water partition coefficient (Wildman–Crippen LogP) is 4.74. The maximum Gasteiger partial charge on any atom is 0.339 e. The van der Waals surface area contributed by atoms with Crippen molar-refractivity contribution in [3.05, 3.63) is 34.4 Å². The summed E-state index contributed by atoms with van der Waals surface area (Å²) in [5.74, 6) is -2.34. The zero-order chi connectivity index (χ0) is 30.2. The molecule has 8 nitrogen and oxygen atoms in total. The van der Waals surface area contributed by atoms with Crippen molar-refractivity contribution in [1.29, 1.82) is 0 Å².